The molecule has 2 aromatic heterocycles. The first-order chi connectivity index (χ1) is 6.77. The highest BCUT2D eigenvalue weighted by Crippen LogP contribution is 2.22. The quantitative estimate of drug-likeness (QED) is 0.868. The number of nitrogens with zero attached hydrogens (tertiary/aromatic N) is 4. The third-order valence-corrected chi connectivity index (χ3v) is 3.00. The topological polar surface area (TPSA) is 55.6 Å². The van der Waals surface area contributed by atoms with E-state index in [-0.39, 0.29) is 0 Å². The summed E-state index contributed by atoms with van der Waals surface area (Å²) < 4.78 is 2.37. The molecule has 2 aromatic rings. The minimum atomic E-state index is 0.632. The van der Waals surface area contributed by atoms with Crippen LogP contribution < -0.4 is 5.32 Å². The molecule has 0 spiro atoms. The monoisotopic (exact) mass is 229 g/mol. The van der Waals surface area contributed by atoms with Crippen molar-refractivity contribution in [1.82, 2.24) is 20.2 Å². The number of aromatic nitrogens is 4. The molecule has 2 rings (SSSR count). The fourth-order valence-corrected chi connectivity index (χ4v) is 1.93. The molecule has 0 unspecified atom stereocenters. The zero-order chi connectivity index (χ0) is 9.97. The van der Waals surface area contributed by atoms with Crippen LogP contribution in [0, 0.1) is 0 Å². The molecule has 5 nitrogen and oxygen atoms in total. The Labute approximate surface area is 89.7 Å². The molecule has 0 fully saturated rings. The Morgan fingerprint density at radius 1 is 1.64 bits per heavy atom. The summed E-state index contributed by atoms with van der Waals surface area (Å²) in [6.45, 7) is 0.635. The maximum atomic E-state index is 5.94. The summed E-state index contributed by atoms with van der Waals surface area (Å²) in [5.74, 6) is 0.632. The maximum absolute atomic E-state index is 5.94. The van der Waals surface area contributed by atoms with E-state index in [2.05, 4.69) is 20.8 Å². The van der Waals surface area contributed by atoms with Crippen LogP contribution in [0.2, 0.25) is 4.34 Å². The van der Waals surface area contributed by atoms with Gasteiger partial charge in [0.1, 0.15) is 0 Å². The van der Waals surface area contributed by atoms with Crippen molar-refractivity contribution in [1.29, 1.82) is 0 Å². The second-order valence-electron chi connectivity index (χ2n) is 2.70. The lowest BCUT2D eigenvalue weighted by molar-refractivity contribution is 0.712. The van der Waals surface area contributed by atoms with Gasteiger partial charge in [-0.05, 0) is 21.9 Å². The van der Waals surface area contributed by atoms with E-state index in [1.165, 1.54) is 11.3 Å². The van der Waals surface area contributed by atoms with Crippen LogP contribution in [0.5, 0.6) is 0 Å². The highest BCUT2D eigenvalue weighted by molar-refractivity contribution is 7.14. The van der Waals surface area contributed by atoms with Crippen molar-refractivity contribution in [2.45, 2.75) is 6.54 Å². The van der Waals surface area contributed by atoms with Crippen LogP contribution in [0.25, 0.3) is 0 Å². The highest BCUT2D eigenvalue weighted by Gasteiger charge is 2.04. The smallest absolute Gasteiger partial charge is 0.242 e. The van der Waals surface area contributed by atoms with E-state index in [1.54, 1.807) is 11.7 Å². The van der Waals surface area contributed by atoms with Gasteiger partial charge in [-0.3, -0.25) is 0 Å². The lowest BCUT2D eigenvalue weighted by atomic mass is 10.3. The molecular formula is C7H8ClN5S. The van der Waals surface area contributed by atoms with Crippen LogP contribution in [-0.2, 0) is 13.6 Å². The van der Waals surface area contributed by atoms with Crippen LogP contribution in [-0.4, -0.2) is 20.2 Å². The number of rotatable bonds is 3. The first-order valence-corrected chi connectivity index (χ1v) is 5.21. The Bertz CT molecular complexity index is 383. The Kier molecular flexibility index (Phi) is 2.64. The molecule has 0 aliphatic rings. The largest absolute Gasteiger partial charge is 0.349 e. The average molecular weight is 230 g/mol. The number of nitrogens with one attached hydrogen (secondary N) is 1. The SMILES string of the molecule is Cn1nnnc1NCc1ccsc1Cl. The van der Waals surface area contributed by atoms with Crippen molar-refractivity contribution in [3.05, 3.63) is 21.3 Å². The van der Waals surface area contributed by atoms with Crippen molar-refractivity contribution in [3.63, 3.8) is 0 Å². The molecule has 74 valence electrons. The molecule has 2 heterocycles. The summed E-state index contributed by atoms with van der Waals surface area (Å²) in [5, 5.41) is 16.0. The standard InChI is InChI=1S/C7H8ClN5S/c1-13-7(10-11-12-13)9-4-5-2-3-14-6(5)8/h2-3H,4H2,1H3,(H,9,10,12). The van der Waals surface area contributed by atoms with Gasteiger partial charge in [-0.1, -0.05) is 16.7 Å². The van der Waals surface area contributed by atoms with Gasteiger partial charge in [-0.25, -0.2) is 4.68 Å². The van der Waals surface area contributed by atoms with Crippen molar-refractivity contribution in [2.75, 3.05) is 5.32 Å². The van der Waals surface area contributed by atoms with Gasteiger partial charge in [-0.15, -0.1) is 11.3 Å². The predicted molar refractivity (Wildman–Crippen MR) is 55.5 cm³/mol. The number of anilines is 1. The summed E-state index contributed by atoms with van der Waals surface area (Å²) in [6.07, 6.45) is 0. The van der Waals surface area contributed by atoms with E-state index in [0.717, 1.165) is 9.90 Å². The molecule has 0 saturated heterocycles. The zero-order valence-corrected chi connectivity index (χ0v) is 9.01. The van der Waals surface area contributed by atoms with E-state index in [4.69, 9.17) is 11.6 Å². The van der Waals surface area contributed by atoms with Gasteiger partial charge >= 0.3 is 0 Å². The molecule has 7 heteroatoms. The van der Waals surface area contributed by atoms with Gasteiger partial charge in [0.2, 0.25) is 5.95 Å². The summed E-state index contributed by atoms with van der Waals surface area (Å²) in [5.41, 5.74) is 1.06. The number of tetrazole rings is 1. The minimum Gasteiger partial charge on any atom is -0.349 e. The molecule has 1 N–H and O–H groups in total. The van der Waals surface area contributed by atoms with E-state index in [9.17, 15) is 0 Å². The van der Waals surface area contributed by atoms with Crippen molar-refractivity contribution in [2.24, 2.45) is 7.05 Å². The Morgan fingerprint density at radius 3 is 3.07 bits per heavy atom. The Hall–Kier alpha value is -1.14. The van der Waals surface area contributed by atoms with E-state index in [0.29, 0.717) is 12.5 Å². The first kappa shape index (κ1) is 9.42. The van der Waals surface area contributed by atoms with Crippen molar-refractivity contribution in [3.8, 4) is 0 Å². The summed E-state index contributed by atoms with van der Waals surface area (Å²) >= 11 is 7.45. The molecule has 0 saturated carbocycles. The molecule has 0 aliphatic carbocycles. The van der Waals surface area contributed by atoms with E-state index < -0.39 is 0 Å². The predicted octanol–water partition coefficient (Wildman–Crippen LogP) is 1.54. The van der Waals surface area contributed by atoms with Crippen LogP contribution >= 0.6 is 22.9 Å². The second-order valence-corrected chi connectivity index (χ2v) is 4.22. The molecule has 0 radical (unpaired) electrons. The molecule has 0 aromatic carbocycles. The number of thiophene rings is 1. The summed E-state index contributed by atoms with van der Waals surface area (Å²) in [6, 6.07) is 1.98. The fourth-order valence-electron chi connectivity index (χ4n) is 0.999. The number of hydrogen-bond donors (Lipinski definition) is 1. The van der Waals surface area contributed by atoms with Crippen LogP contribution in [0.1, 0.15) is 5.56 Å². The normalized spacial score (nSPS) is 10.4. The first-order valence-electron chi connectivity index (χ1n) is 3.95. The van der Waals surface area contributed by atoms with Crippen LogP contribution in [0.4, 0.5) is 5.95 Å². The molecule has 14 heavy (non-hydrogen) atoms. The fraction of sp³-hybridized carbons (Fsp3) is 0.286. The van der Waals surface area contributed by atoms with Gasteiger partial charge in [-0.2, -0.15) is 0 Å². The third-order valence-electron chi connectivity index (χ3n) is 1.75. The number of hydrogen-bond acceptors (Lipinski definition) is 5. The van der Waals surface area contributed by atoms with Gasteiger partial charge < -0.3 is 5.32 Å². The Morgan fingerprint density at radius 2 is 2.50 bits per heavy atom. The minimum absolute atomic E-state index is 0.632. The number of halogens is 1. The molecule has 0 bridgehead atoms. The third kappa shape index (κ3) is 1.85. The number of aryl methyl sites for hydroxylation is 1. The van der Waals surface area contributed by atoms with Crippen molar-refractivity contribution >= 4 is 28.9 Å². The van der Waals surface area contributed by atoms with E-state index in [1.807, 2.05) is 11.4 Å². The zero-order valence-electron chi connectivity index (χ0n) is 7.44. The van der Waals surface area contributed by atoms with Gasteiger partial charge in [0.05, 0.1) is 4.34 Å². The van der Waals surface area contributed by atoms with Crippen LogP contribution in [0.3, 0.4) is 0 Å². The van der Waals surface area contributed by atoms with Gasteiger partial charge in [0.15, 0.2) is 0 Å². The van der Waals surface area contributed by atoms with E-state index >= 15 is 0 Å². The lowest BCUT2D eigenvalue weighted by Crippen LogP contribution is -2.05. The average Bonchev–Trinajstić information content (AvgIpc) is 2.72. The lowest BCUT2D eigenvalue weighted by Gasteiger charge is -2.01. The van der Waals surface area contributed by atoms with Crippen molar-refractivity contribution < 1.29 is 0 Å². The Balaban J connectivity index is 2.02. The second kappa shape index (κ2) is 3.93. The molecule has 0 aliphatic heterocycles. The van der Waals surface area contributed by atoms with Crippen LogP contribution in [0.15, 0.2) is 11.4 Å². The molecule has 0 atom stereocenters. The van der Waals surface area contributed by atoms with Gasteiger partial charge in [0.25, 0.3) is 0 Å². The highest BCUT2D eigenvalue weighted by atomic mass is 35.5. The summed E-state index contributed by atoms with van der Waals surface area (Å²) in [4.78, 5) is 0. The maximum Gasteiger partial charge on any atom is 0.242 e. The molecular weight excluding hydrogens is 222 g/mol. The summed E-state index contributed by atoms with van der Waals surface area (Å²) in [7, 11) is 1.78. The van der Waals surface area contributed by atoms with Gasteiger partial charge in [0, 0.05) is 19.2 Å². The molecule has 0 amide bonds.